The zero-order valence-electron chi connectivity index (χ0n) is 19.3. The molecule has 182 valence electrons. The van der Waals surface area contributed by atoms with Crippen LogP contribution in [0.25, 0.3) is 12.2 Å². The van der Waals surface area contributed by atoms with Crippen molar-refractivity contribution in [3.05, 3.63) is 82.9 Å². The molecule has 0 spiro atoms. The number of sulfonamides is 1. The van der Waals surface area contributed by atoms with Gasteiger partial charge in [0.05, 0.1) is 22.8 Å². The number of carbonyl (C=O) groups is 1. The lowest BCUT2D eigenvalue weighted by Gasteiger charge is -2.35. The van der Waals surface area contributed by atoms with E-state index in [1.54, 1.807) is 49.4 Å². The molecule has 0 aliphatic carbocycles. The molecule has 9 heteroatoms. The van der Waals surface area contributed by atoms with E-state index in [9.17, 15) is 17.6 Å². The molecule has 1 aromatic heterocycles. The van der Waals surface area contributed by atoms with Crippen molar-refractivity contribution in [3.8, 4) is 5.75 Å². The zero-order chi connectivity index (χ0) is 25.2. The molecule has 1 aliphatic rings. The summed E-state index contributed by atoms with van der Waals surface area (Å²) in [5.74, 6) is -1.07. The van der Waals surface area contributed by atoms with Crippen LogP contribution in [0, 0.1) is 19.7 Å². The highest BCUT2D eigenvalue weighted by molar-refractivity contribution is 7.92. The smallest absolute Gasteiger partial charge is 0.303 e. The van der Waals surface area contributed by atoms with E-state index in [2.05, 4.69) is 4.98 Å². The minimum Gasteiger partial charge on any atom is -0.486 e. The summed E-state index contributed by atoms with van der Waals surface area (Å²) in [4.78, 5) is 15.3. The Kier molecular flexibility index (Phi) is 6.88. The molecule has 0 saturated carbocycles. The van der Waals surface area contributed by atoms with Crippen molar-refractivity contribution in [2.75, 3.05) is 10.8 Å². The van der Waals surface area contributed by atoms with Gasteiger partial charge in [0.25, 0.3) is 10.0 Å². The molecule has 0 radical (unpaired) electrons. The molecule has 0 saturated heterocycles. The number of aliphatic carboxylic acids is 1. The molecule has 1 atom stereocenters. The van der Waals surface area contributed by atoms with E-state index in [0.29, 0.717) is 22.6 Å². The molecule has 3 aromatic rings. The van der Waals surface area contributed by atoms with Gasteiger partial charge >= 0.3 is 5.97 Å². The predicted molar refractivity (Wildman–Crippen MR) is 131 cm³/mol. The lowest BCUT2D eigenvalue weighted by Crippen LogP contribution is -2.43. The number of fused-ring (bicyclic) bond motifs is 1. The summed E-state index contributed by atoms with van der Waals surface area (Å²) in [7, 11) is -3.96. The van der Waals surface area contributed by atoms with Crippen molar-refractivity contribution in [2.45, 2.75) is 37.7 Å². The number of aromatic nitrogens is 1. The first-order valence-electron chi connectivity index (χ1n) is 11.1. The Hall–Kier alpha value is -3.72. The summed E-state index contributed by atoms with van der Waals surface area (Å²) in [6.07, 6.45) is 4.10. The first kappa shape index (κ1) is 24.4. The topological polar surface area (TPSA) is 96.8 Å². The Morgan fingerprint density at radius 3 is 2.74 bits per heavy atom. The van der Waals surface area contributed by atoms with Gasteiger partial charge in [-0.2, -0.15) is 0 Å². The average molecular weight is 497 g/mol. The molecule has 0 amide bonds. The quantitative estimate of drug-likeness (QED) is 0.503. The number of rotatable bonds is 7. The Morgan fingerprint density at radius 1 is 1.20 bits per heavy atom. The van der Waals surface area contributed by atoms with Gasteiger partial charge in [0.15, 0.2) is 5.82 Å². The lowest BCUT2D eigenvalue weighted by molar-refractivity contribution is -0.137. The number of nitrogens with zero attached hydrogens (tertiary/aromatic N) is 2. The molecular formula is C26H25FN2O5S. The summed E-state index contributed by atoms with van der Waals surface area (Å²) >= 11 is 0. The molecule has 1 N–H and O–H groups in total. The number of ether oxygens (including phenoxy) is 1. The van der Waals surface area contributed by atoms with Crippen LogP contribution >= 0.6 is 0 Å². The van der Waals surface area contributed by atoms with Crippen LogP contribution in [-0.4, -0.2) is 37.1 Å². The second-order valence-electron chi connectivity index (χ2n) is 8.41. The fraction of sp³-hybridized carbons (Fsp3) is 0.231. The molecule has 0 bridgehead atoms. The monoisotopic (exact) mass is 496 g/mol. The van der Waals surface area contributed by atoms with Gasteiger partial charge in [0.2, 0.25) is 0 Å². The molecule has 2 heterocycles. The molecule has 4 rings (SSSR count). The molecule has 2 aromatic carbocycles. The predicted octanol–water partition coefficient (Wildman–Crippen LogP) is 4.83. The van der Waals surface area contributed by atoms with Crippen LogP contribution < -0.4 is 9.04 Å². The molecular weight excluding hydrogens is 471 g/mol. The standard InChI is InChI=1S/C26H25FN2O5S/c1-17-4-3-5-21(14-17)35(32,33)29-16-20(8-11-25(30)31)34-24-10-7-19(15-23(24)29)6-9-22-26(27)18(2)12-13-28-22/h3-7,9-10,12-15,20H,8,11,16H2,1-2H3,(H,30,31)/b9-6+/t20-/m0/s1. The fourth-order valence-electron chi connectivity index (χ4n) is 3.85. The summed E-state index contributed by atoms with van der Waals surface area (Å²) in [5.41, 5.74) is 2.41. The van der Waals surface area contributed by atoms with E-state index in [-0.39, 0.29) is 30.0 Å². The van der Waals surface area contributed by atoms with E-state index < -0.39 is 27.9 Å². The third-order valence-corrected chi connectivity index (χ3v) is 7.49. The second-order valence-corrected chi connectivity index (χ2v) is 10.3. The van der Waals surface area contributed by atoms with Crippen molar-refractivity contribution >= 4 is 33.8 Å². The molecule has 35 heavy (non-hydrogen) atoms. The number of anilines is 1. The van der Waals surface area contributed by atoms with Crippen molar-refractivity contribution in [1.82, 2.24) is 4.98 Å². The Morgan fingerprint density at radius 2 is 2.00 bits per heavy atom. The zero-order valence-corrected chi connectivity index (χ0v) is 20.1. The molecule has 1 aliphatic heterocycles. The van der Waals surface area contributed by atoms with Crippen molar-refractivity contribution in [3.63, 3.8) is 0 Å². The van der Waals surface area contributed by atoms with Crippen LogP contribution in [0.3, 0.4) is 0 Å². The molecule has 0 unspecified atom stereocenters. The van der Waals surface area contributed by atoms with Gasteiger partial charge in [-0.15, -0.1) is 0 Å². The lowest BCUT2D eigenvalue weighted by atomic mass is 10.1. The van der Waals surface area contributed by atoms with Crippen LogP contribution in [-0.2, 0) is 14.8 Å². The number of carboxylic acid groups (broad SMARTS) is 1. The maximum atomic E-state index is 14.3. The van der Waals surface area contributed by atoms with Gasteiger partial charge in [-0.05, 0) is 73.4 Å². The first-order valence-corrected chi connectivity index (χ1v) is 12.5. The number of benzene rings is 2. The van der Waals surface area contributed by atoms with Crippen LogP contribution in [0.2, 0.25) is 0 Å². The van der Waals surface area contributed by atoms with Crippen LogP contribution in [0.1, 0.15) is 35.2 Å². The number of pyridine rings is 1. The highest BCUT2D eigenvalue weighted by Gasteiger charge is 2.35. The third kappa shape index (κ3) is 5.35. The molecule has 7 nitrogen and oxygen atoms in total. The third-order valence-electron chi connectivity index (χ3n) is 5.72. The van der Waals surface area contributed by atoms with Crippen LogP contribution in [0.4, 0.5) is 10.1 Å². The van der Waals surface area contributed by atoms with E-state index in [1.807, 2.05) is 13.0 Å². The van der Waals surface area contributed by atoms with Gasteiger partial charge in [0, 0.05) is 12.6 Å². The number of hydrogen-bond donors (Lipinski definition) is 1. The number of aryl methyl sites for hydroxylation is 2. The highest BCUT2D eigenvalue weighted by Crippen LogP contribution is 2.39. The van der Waals surface area contributed by atoms with Gasteiger partial charge in [-0.1, -0.05) is 24.3 Å². The van der Waals surface area contributed by atoms with Gasteiger partial charge < -0.3 is 9.84 Å². The Balaban J connectivity index is 1.74. The average Bonchev–Trinajstić information content (AvgIpc) is 2.83. The van der Waals surface area contributed by atoms with Gasteiger partial charge in [0.1, 0.15) is 11.9 Å². The van der Waals surface area contributed by atoms with Gasteiger partial charge in [-0.3, -0.25) is 14.1 Å². The van der Waals surface area contributed by atoms with Crippen molar-refractivity contribution in [1.29, 1.82) is 0 Å². The SMILES string of the molecule is Cc1cccc(S(=O)(=O)N2C[C@H](CCC(=O)O)Oc3ccc(/C=C/c4nccc(C)c4F)cc32)c1. The first-order chi connectivity index (χ1) is 16.6. The normalized spacial score (nSPS) is 15.6. The van der Waals surface area contributed by atoms with Crippen molar-refractivity contribution < 1.29 is 27.4 Å². The fourth-order valence-corrected chi connectivity index (χ4v) is 5.45. The summed E-state index contributed by atoms with van der Waals surface area (Å²) < 4.78 is 48.8. The Labute approximate surface area is 203 Å². The molecule has 0 fully saturated rings. The van der Waals surface area contributed by atoms with E-state index >= 15 is 0 Å². The number of halogens is 1. The number of carboxylic acids is 1. The van der Waals surface area contributed by atoms with E-state index in [4.69, 9.17) is 9.84 Å². The number of hydrogen-bond acceptors (Lipinski definition) is 5. The van der Waals surface area contributed by atoms with Crippen LogP contribution in [0.15, 0.2) is 59.6 Å². The summed E-state index contributed by atoms with van der Waals surface area (Å²) in [6, 6.07) is 13.2. The largest absolute Gasteiger partial charge is 0.486 e. The maximum Gasteiger partial charge on any atom is 0.303 e. The minimum absolute atomic E-state index is 0.0300. The highest BCUT2D eigenvalue weighted by atomic mass is 32.2. The minimum atomic E-state index is -3.96. The Bertz CT molecular complexity index is 1400. The van der Waals surface area contributed by atoms with E-state index in [0.717, 1.165) is 5.56 Å². The van der Waals surface area contributed by atoms with Crippen LogP contribution in [0.5, 0.6) is 5.75 Å². The van der Waals surface area contributed by atoms with E-state index in [1.165, 1.54) is 22.6 Å². The van der Waals surface area contributed by atoms with Crippen molar-refractivity contribution in [2.24, 2.45) is 0 Å². The maximum absolute atomic E-state index is 14.3. The summed E-state index contributed by atoms with van der Waals surface area (Å²) in [6.45, 7) is 3.43. The van der Waals surface area contributed by atoms with Gasteiger partial charge in [-0.25, -0.2) is 12.8 Å². The summed E-state index contributed by atoms with van der Waals surface area (Å²) in [5, 5.41) is 9.07. The second kappa shape index (κ2) is 9.87.